The number of esters is 1. The number of aliphatic hydroxyl groups is 5. The minimum atomic E-state index is -5.03. The normalized spacial score (nSPS) is 21.6. The van der Waals surface area contributed by atoms with Crippen LogP contribution in [0, 0.1) is 0 Å². The second-order valence-electron chi connectivity index (χ2n) is 18.7. The molecule has 6 unspecified atom stereocenters. The fraction of sp³-hybridized carbons (Fsp3) is 0.800. The minimum Gasteiger partial charge on any atom is -0.457 e. The lowest BCUT2D eigenvalue weighted by Crippen LogP contribution is -2.64. The molecule has 0 aromatic carbocycles. The maximum atomic E-state index is 12.9. The van der Waals surface area contributed by atoms with Gasteiger partial charge in [-0.3, -0.25) is 13.8 Å². The van der Waals surface area contributed by atoms with Crippen LogP contribution in [0.5, 0.6) is 0 Å². The highest BCUT2D eigenvalue weighted by atomic mass is 31.2. The summed E-state index contributed by atoms with van der Waals surface area (Å²) in [5, 5.41) is 50.4. The molecule has 0 heterocycles. The summed E-state index contributed by atoms with van der Waals surface area (Å²) in [6.07, 6.45) is 45.7. The van der Waals surface area contributed by atoms with E-state index in [9.17, 15) is 39.8 Å². The number of aliphatic hydroxyl groups excluding tert-OH is 5. The largest absolute Gasteiger partial charge is 0.472 e. The first kappa shape index (κ1) is 64.1. The first-order valence-corrected chi connectivity index (χ1v) is 28.6. The van der Waals surface area contributed by atoms with Crippen LogP contribution in [0.4, 0.5) is 0 Å². The van der Waals surface area contributed by atoms with Gasteiger partial charge in [-0.15, -0.1) is 0 Å². The van der Waals surface area contributed by atoms with Gasteiger partial charge in [-0.1, -0.05) is 197 Å². The first-order chi connectivity index (χ1) is 33.0. The Labute approximate surface area is 413 Å². The van der Waals surface area contributed by atoms with Crippen molar-refractivity contribution >= 4 is 13.8 Å². The van der Waals surface area contributed by atoms with Gasteiger partial charge in [0, 0.05) is 13.0 Å². The molecule has 1 rings (SSSR count). The van der Waals surface area contributed by atoms with Crippen molar-refractivity contribution in [1.82, 2.24) is 0 Å². The van der Waals surface area contributed by atoms with Gasteiger partial charge in [0.25, 0.3) is 0 Å². The van der Waals surface area contributed by atoms with Gasteiger partial charge in [0.2, 0.25) is 0 Å². The first-order valence-electron chi connectivity index (χ1n) is 27.1. The molecule has 396 valence electrons. The summed E-state index contributed by atoms with van der Waals surface area (Å²) in [6, 6.07) is 0. The highest BCUT2D eigenvalue weighted by molar-refractivity contribution is 7.47. The van der Waals surface area contributed by atoms with Crippen LogP contribution in [0.3, 0.4) is 0 Å². The smallest absolute Gasteiger partial charge is 0.457 e. The van der Waals surface area contributed by atoms with E-state index in [1.807, 2.05) is 0 Å². The molecular formula is C55H99O12P. The van der Waals surface area contributed by atoms with E-state index in [1.165, 1.54) is 109 Å². The van der Waals surface area contributed by atoms with E-state index in [1.54, 1.807) is 0 Å². The lowest BCUT2D eigenvalue weighted by Gasteiger charge is -2.41. The number of carbonyl (C=O) groups is 1. The lowest BCUT2D eigenvalue weighted by molar-refractivity contribution is -0.220. The SMILES string of the molecule is CC/C=C\C/C=C\C/C=C\CCCCCCCCCC(=O)OC(COCCCCCCCCCCCCCC/C=C\C/C=C\CCCCCCC)COP(=O)(O)OC1C(O)C(O)C(O)C(O)C1O. The van der Waals surface area contributed by atoms with Crippen molar-refractivity contribution in [2.75, 3.05) is 19.8 Å². The van der Waals surface area contributed by atoms with Crippen LogP contribution in [0.15, 0.2) is 60.8 Å². The number of hydrogen-bond donors (Lipinski definition) is 6. The number of phosphoric ester groups is 1. The van der Waals surface area contributed by atoms with E-state index in [4.69, 9.17) is 18.5 Å². The van der Waals surface area contributed by atoms with Crippen molar-refractivity contribution in [2.24, 2.45) is 0 Å². The lowest BCUT2D eigenvalue weighted by atomic mass is 9.85. The highest BCUT2D eigenvalue weighted by Gasteiger charge is 2.51. The minimum absolute atomic E-state index is 0.0831. The van der Waals surface area contributed by atoms with Crippen LogP contribution in [0.1, 0.15) is 219 Å². The maximum Gasteiger partial charge on any atom is 0.472 e. The zero-order valence-electron chi connectivity index (χ0n) is 42.6. The summed E-state index contributed by atoms with van der Waals surface area (Å²) < 4.78 is 34.3. The number of rotatable bonds is 46. The van der Waals surface area contributed by atoms with Crippen molar-refractivity contribution in [3.63, 3.8) is 0 Å². The van der Waals surface area contributed by atoms with Gasteiger partial charge in [0.05, 0.1) is 13.2 Å². The van der Waals surface area contributed by atoms with Gasteiger partial charge in [0.1, 0.15) is 42.7 Å². The van der Waals surface area contributed by atoms with Crippen molar-refractivity contribution in [1.29, 1.82) is 0 Å². The summed E-state index contributed by atoms with van der Waals surface area (Å²) in [5.41, 5.74) is 0. The number of phosphoric acid groups is 1. The highest BCUT2D eigenvalue weighted by Crippen LogP contribution is 2.47. The van der Waals surface area contributed by atoms with E-state index in [2.05, 4.69) is 74.6 Å². The Morgan fingerprint density at radius 1 is 0.485 bits per heavy atom. The van der Waals surface area contributed by atoms with Crippen LogP contribution in [-0.4, -0.2) is 98.9 Å². The third kappa shape index (κ3) is 36.0. The quantitative estimate of drug-likeness (QED) is 0.0147. The summed E-state index contributed by atoms with van der Waals surface area (Å²) in [4.78, 5) is 23.3. The molecule has 0 spiro atoms. The fourth-order valence-electron chi connectivity index (χ4n) is 8.11. The van der Waals surface area contributed by atoms with Crippen LogP contribution in [0.25, 0.3) is 0 Å². The molecule has 0 amide bonds. The van der Waals surface area contributed by atoms with E-state index in [0.717, 1.165) is 83.5 Å². The second-order valence-corrected chi connectivity index (χ2v) is 20.1. The molecule has 12 nitrogen and oxygen atoms in total. The van der Waals surface area contributed by atoms with Crippen molar-refractivity contribution in [2.45, 2.75) is 262 Å². The van der Waals surface area contributed by atoms with Crippen LogP contribution in [0.2, 0.25) is 0 Å². The van der Waals surface area contributed by atoms with Crippen molar-refractivity contribution < 1.29 is 58.3 Å². The van der Waals surface area contributed by atoms with Gasteiger partial charge in [-0.2, -0.15) is 0 Å². The summed E-state index contributed by atoms with van der Waals surface area (Å²) >= 11 is 0. The third-order valence-electron chi connectivity index (χ3n) is 12.4. The predicted octanol–water partition coefficient (Wildman–Crippen LogP) is 12.5. The molecule has 1 aliphatic carbocycles. The molecule has 0 aliphatic heterocycles. The van der Waals surface area contributed by atoms with E-state index in [-0.39, 0.29) is 13.0 Å². The van der Waals surface area contributed by atoms with Gasteiger partial charge >= 0.3 is 13.8 Å². The topological polar surface area (TPSA) is 192 Å². The molecular weight excluding hydrogens is 884 g/mol. The number of allylic oxidation sites excluding steroid dienone is 10. The van der Waals surface area contributed by atoms with Gasteiger partial charge in [0.15, 0.2) is 0 Å². The molecule has 0 saturated heterocycles. The second kappa shape index (κ2) is 44.9. The number of unbranched alkanes of at least 4 members (excludes halogenated alkanes) is 24. The Morgan fingerprint density at radius 2 is 0.868 bits per heavy atom. The molecule has 6 atom stereocenters. The van der Waals surface area contributed by atoms with Crippen molar-refractivity contribution in [3.05, 3.63) is 60.8 Å². The van der Waals surface area contributed by atoms with E-state index in [0.29, 0.717) is 13.0 Å². The molecule has 0 aromatic rings. The number of carbonyl (C=O) groups excluding carboxylic acids is 1. The van der Waals surface area contributed by atoms with Gasteiger partial charge < -0.3 is 39.9 Å². The Balaban J connectivity index is 2.30. The predicted molar refractivity (Wildman–Crippen MR) is 276 cm³/mol. The molecule has 0 bridgehead atoms. The van der Waals surface area contributed by atoms with Gasteiger partial charge in [-0.05, 0) is 77.0 Å². The number of ether oxygens (including phenoxy) is 2. The van der Waals surface area contributed by atoms with Crippen LogP contribution in [-0.2, 0) is 27.9 Å². The zero-order valence-corrected chi connectivity index (χ0v) is 43.5. The van der Waals surface area contributed by atoms with E-state index < -0.39 is 63.1 Å². The Kier molecular flexibility index (Phi) is 42.3. The Bertz CT molecular complexity index is 1350. The summed E-state index contributed by atoms with van der Waals surface area (Å²) in [6.45, 7) is 4.15. The average Bonchev–Trinajstić information content (AvgIpc) is 3.32. The van der Waals surface area contributed by atoms with Gasteiger partial charge in [-0.25, -0.2) is 4.57 Å². The molecule has 1 saturated carbocycles. The fourth-order valence-corrected chi connectivity index (χ4v) is 9.08. The van der Waals surface area contributed by atoms with E-state index >= 15 is 0 Å². The molecule has 1 fully saturated rings. The third-order valence-corrected chi connectivity index (χ3v) is 13.4. The molecule has 1 aliphatic rings. The average molecular weight is 983 g/mol. The Hall–Kier alpha value is -1.96. The summed E-state index contributed by atoms with van der Waals surface area (Å²) in [7, 11) is -5.03. The summed E-state index contributed by atoms with van der Waals surface area (Å²) in [5.74, 6) is -0.487. The molecule has 0 aromatic heterocycles. The Morgan fingerprint density at radius 3 is 1.32 bits per heavy atom. The molecule has 68 heavy (non-hydrogen) atoms. The molecule has 0 radical (unpaired) electrons. The zero-order chi connectivity index (χ0) is 49.8. The molecule has 13 heteroatoms. The standard InChI is InChI=1S/C55H99O12P/c1-3-5-7-9-11-13-15-17-19-21-22-23-24-25-26-27-29-31-33-35-37-39-41-43-45-64-46-48(47-65-68(62,63)67-55-53(60)51(58)50(57)52(59)54(55)61)66-49(56)44-42-40-38-36-34-32-30-28-20-18-16-14-12-10-8-6-4-2/h6,8,12,14-15,17-18,20-22,48,50-55,57-61H,3-5,7,9-11,13,16,19,23-47H2,1-2H3,(H,62,63)/b8-6-,14-12-,17-15-,20-18-,22-21-. The van der Waals surface area contributed by atoms with Crippen molar-refractivity contribution in [3.8, 4) is 0 Å². The maximum absolute atomic E-state index is 12.9. The monoisotopic (exact) mass is 983 g/mol. The van der Waals surface area contributed by atoms with Crippen LogP contribution < -0.4 is 0 Å². The number of hydrogen-bond acceptors (Lipinski definition) is 11. The molecule has 6 N–H and O–H groups in total. The van der Waals surface area contributed by atoms with Crippen LogP contribution >= 0.6 is 7.82 Å².